The van der Waals surface area contributed by atoms with Crippen LogP contribution >= 0.6 is 11.3 Å². The zero-order chi connectivity index (χ0) is 10.8. The Labute approximate surface area is 92.6 Å². The molecule has 76 valence electrons. The first kappa shape index (κ1) is 10.1. The predicted molar refractivity (Wildman–Crippen MR) is 61.5 cm³/mol. The second kappa shape index (κ2) is 3.95. The van der Waals surface area contributed by atoms with E-state index in [1.165, 1.54) is 11.3 Å². The van der Waals surface area contributed by atoms with Crippen LogP contribution in [-0.4, -0.2) is 10.8 Å². The van der Waals surface area contributed by atoms with Crippen molar-refractivity contribution in [3.63, 3.8) is 0 Å². The van der Waals surface area contributed by atoms with Gasteiger partial charge in [-0.15, -0.1) is 0 Å². The molecule has 2 rings (SSSR count). The predicted octanol–water partition coefficient (Wildman–Crippen LogP) is 2.99. The first-order valence-corrected chi connectivity index (χ1v) is 5.63. The Hall–Kier alpha value is -1.48. The lowest BCUT2D eigenvalue weighted by Gasteiger charge is -2.02. The highest BCUT2D eigenvalue weighted by Crippen LogP contribution is 2.14. The largest absolute Gasteiger partial charge is 0.289 e. The molecule has 2 nitrogen and oxygen atoms in total. The summed E-state index contributed by atoms with van der Waals surface area (Å²) in [6.45, 7) is 3.90. The van der Waals surface area contributed by atoms with E-state index >= 15 is 0 Å². The van der Waals surface area contributed by atoms with E-state index in [0.717, 1.165) is 16.8 Å². The number of hydrogen-bond donors (Lipinski definition) is 0. The summed E-state index contributed by atoms with van der Waals surface area (Å²) in [4.78, 5) is 16.1. The number of hydrogen-bond acceptors (Lipinski definition) is 3. The Morgan fingerprint density at radius 3 is 2.73 bits per heavy atom. The number of pyridine rings is 1. The lowest BCUT2D eigenvalue weighted by Crippen LogP contribution is -2.01. The lowest BCUT2D eigenvalue weighted by atomic mass is 10.1. The average molecular weight is 217 g/mol. The quantitative estimate of drug-likeness (QED) is 0.724. The third kappa shape index (κ3) is 1.97. The summed E-state index contributed by atoms with van der Waals surface area (Å²) in [6, 6.07) is 3.73. The van der Waals surface area contributed by atoms with Crippen LogP contribution in [0.15, 0.2) is 29.1 Å². The molecule has 0 saturated carbocycles. The van der Waals surface area contributed by atoms with Gasteiger partial charge in [0.1, 0.15) is 0 Å². The van der Waals surface area contributed by atoms with Crippen LogP contribution in [0.3, 0.4) is 0 Å². The van der Waals surface area contributed by atoms with Crippen LogP contribution < -0.4 is 0 Å². The van der Waals surface area contributed by atoms with Crippen molar-refractivity contribution in [3.8, 4) is 0 Å². The van der Waals surface area contributed by atoms with Crippen LogP contribution in [0.2, 0.25) is 0 Å². The molecule has 0 saturated heterocycles. The van der Waals surface area contributed by atoms with Gasteiger partial charge in [0.05, 0.1) is 0 Å². The van der Waals surface area contributed by atoms with Crippen molar-refractivity contribution in [2.24, 2.45) is 0 Å². The van der Waals surface area contributed by atoms with E-state index in [-0.39, 0.29) is 5.78 Å². The molecule has 0 aromatic carbocycles. The normalized spacial score (nSPS) is 10.3. The van der Waals surface area contributed by atoms with Crippen molar-refractivity contribution in [1.82, 2.24) is 4.98 Å². The van der Waals surface area contributed by atoms with E-state index in [1.807, 2.05) is 36.7 Å². The second-order valence-electron chi connectivity index (χ2n) is 3.47. The summed E-state index contributed by atoms with van der Waals surface area (Å²) in [5, 5.41) is 3.76. The van der Waals surface area contributed by atoms with Gasteiger partial charge in [0.2, 0.25) is 0 Å². The Balaban J connectivity index is 2.39. The zero-order valence-electron chi connectivity index (χ0n) is 8.65. The van der Waals surface area contributed by atoms with Gasteiger partial charge in [-0.1, -0.05) is 0 Å². The fourth-order valence-corrected chi connectivity index (χ4v) is 1.96. The van der Waals surface area contributed by atoms with E-state index in [4.69, 9.17) is 0 Å². The number of nitrogens with zero attached hydrogens (tertiary/aromatic N) is 1. The molecule has 0 unspecified atom stereocenters. The van der Waals surface area contributed by atoms with Crippen molar-refractivity contribution < 1.29 is 4.79 Å². The second-order valence-corrected chi connectivity index (χ2v) is 4.25. The van der Waals surface area contributed by atoms with E-state index in [1.54, 1.807) is 6.20 Å². The van der Waals surface area contributed by atoms with Crippen LogP contribution in [0, 0.1) is 13.8 Å². The molecule has 2 heterocycles. The molecule has 0 bridgehead atoms. The zero-order valence-corrected chi connectivity index (χ0v) is 9.47. The Kier molecular flexibility index (Phi) is 2.64. The third-order valence-corrected chi connectivity index (χ3v) is 3.07. The number of carbonyl (C=O) groups is 1. The maximum atomic E-state index is 11.9. The molecular formula is C12H11NOS. The molecule has 0 radical (unpaired) electrons. The van der Waals surface area contributed by atoms with E-state index < -0.39 is 0 Å². The van der Waals surface area contributed by atoms with Crippen molar-refractivity contribution >= 4 is 17.1 Å². The topological polar surface area (TPSA) is 30.0 Å². The van der Waals surface area contributed by atoms with Crippen LogP contribution in [0.1, 0.15) is 27.2 Å². The minimum Gasteiger partial charge on any atom is -0.289 e. The molecule has 3 heteroatoms. The molecule has 0 N–H and O–H groups in total. The van der Waals surface area contributed by atoms with E-state index in [2.05, 4.69) is 4.98 Å². The molecule has 2 aromatic rings. The number of rotatable bonds is 2. The van der Waals surface area contributed by atoms with Crippen LogP contribution in [0.25, 0.3) is 0 Å². The third-order valence-electron chi connectivity index (χ3n) is 2.39. The first-order valence-electron chi connectivity index (χ1n) is 4.68. The van der Waals surface area contributed by atoms with Gasteiger partial charge in [-0.2, -0.15) is 11.3 Å². The van der Waals surface area contributed by atoms with Gasteiger partial charge < -0.3 is 0 Å². The van der Waals surface area contributed by atoms with Gasteiger partial charge in [-0.3, -0.25) is 9.78 Å². The van der Waals surface area contributed by atoms with Crippen molar-refractivity contribution in [1.29, 1.82) is 0 Å². The van der Waals surface area contributed by atoms with Crippen molar-refractivity contribution in [3.05, 3.63) is 51.5 Å². The first-order chi connectivity index (χ1) is 7.18. The summed E-state index contributed by atoms with van der Waals surface area (Å²) in [5.74, 6) is 0.0480. The van der Waals surface area contributed by atoms with Gasteiger partial charge in [-0.05, 0) is 36.9 Å². The smallest absolute Gasteiger partial charge is 0.195 e. The number of ketones is 1. The molecule has 0 aliphatic rings. The molecule has 0 aliphatic heterocycles. The average Bonchev–Trinajstić information content (AvgIpc) is 2.74. The van der Waals surface area contributed by atoms with Gasteiger partial charge in [0.15, 0.2) is 5.78 Å². The monoisotopic (exact) mass is 217 g/mol. The maximum Gasteiger partial charge on any atom is 0.195 e. The molecule has 15 heavy (non-hydrogen) atoms. The highest BCUT2D eigenvalue weighted by Gasteiger charge is 2.10. The van der Waals surface area contributed by atoms with Crippen LogP contribution in [0.4, 0.5) is 0 Å². The number of thiophene rings is 1. The number of aryl methyl sites for hydroxylation is 2. The van der Waals surface area contributed by atoms with Crippen molar-refractivity contribution in [2.45, 2.75) is 13.8 Å². The molecule has 2 aromatic heterocycles. The van der Waals surface area contributed by atoms with E-state index in [0.29, 0.717) is 5.56 Å². The lowest BCUT2D eigenvalue weighted by molar-refractivity contribution is 0.103. The molecule has 0 amide bonds. The standard InChI is InChI=1S/C12H11NOS/c1-8-5-11(6-13-9(8)2)12(14)10-3-4-15-7-10/h3-7H,1-2H3. The Bertz CT molecular complexity index is 488. The number of carbonyl (C=O) groups excluding carboxylic acids is 1. The molecular weight excluding hydrogens is 206 g/mol. The van der Waals surface area contributed by atoms with Gasteiger partial charge in [0, 0.05) is 28.4 Å². The Morgan fingerprint density at radius 2 is 2.13 bits per heavy atom. The summed E-state index contributed by atoms with van der Waals surface area (Å²) < 4.78 is 0. The van der Waals surface area contributed by atoms with Gasteiger partial charge >= 0.3 is 0 Å². The van der Waals surface area contributed by atoms with Crippen LogP contribution in [-0.2, 0) is 0 Å². The molecule has 0 atom stereocenters. The van der Waals surface area contributed by atoms with Gasteiger partial charge in [0.25, 0.3) is 0 Å². The molecule has 0 fully saturated rings. The molecule has 0 spiro atoms. The summed E-state index contributed by atoms with van der Waals surface area (Å²) in [5.41, 5.74) is 3.43. The fourth-order valence-electron chi connectivity index (χ4n) is 1.33. The highest BCUT2D eigenvalue weighted by molar-refractivity contribution is 7.08. The summed E-state index contributed by atoms with van der Waals surface area (Å²) >= 11 is 1.53. The number of aromatic nitrogens is 1. The molecule has 0 aliphatic carbocycles. The maximum absolute atomic E-state index is 11.9. The Morgan fingerprint density at radius 1 is 1.33 bits per heavy atom. The van der Waals surface area contributed by atoms with E-state index in [9.17, 15) is 4.79 Å². The minimum absolute atomic E-state index is 0.0480. The van der Waals surface area contributed by atoms with Gasteiger partial charge in [-0.25, -0.2) is 0 Å². The summed E-state index contributed by atoms with van der Waals surface area (Å²) in [7, 11) is 0. The highest BCUT2D eigenvalue weighted by atomic mass is 32.1. The summed E-state index contributed by atoms with van der Waals surface area (Å²) in [6.07, 6.45) is 1.64. The SMILES string of the molecule is Cc1cc(C(=O)c2ccsc2)cnc1C. The fraction of sp³-hybridized carbons (Fsp3) is 0.167. The van der Waals surface area contributed by atoms with Crippen molar-refractivity contribution in [2.75, 3.05) is 0 Å². The van der Waals surface area contributed by atoms with Crippen LogP contribution in [0.5, 0.6) is 0 Å². The minimum atomic E-state index is 0.0480.